The van der Waals surface area contributed by atoms with Crippen LogP contribution < -0.4 is 0 Å². The lowest BCUT2D eigenvalue weighted by molar-refractivity contribution is 1.05. The van der Waals surface area contributed by atoms with Crippen molar-refractivity contribution in [2.24, 2.45) is 0 Å². The minimum absolute atomic E-state index is 1.000. The van der Waals surface area contributed by atoms with E-state index < -0.39 is 0 Å². The molecule has 0 unspecified atom stereocenters. The van der Waals surface area contributed by atoms with Crippen LogP contribution in [0.3, 0.4) is 0 Å². The molecule has 0 aliphatic heterocycles. The van der Waals surface area contributed by atoms with Crippen LogP contribution in [-0.4, -0.2) is 9.55 Å². The number of aromatic nitrogens is 2. The van der Waals surface area contributed by atoms with Crippen LogP contribution in [0.25, 0.3) is 16.9 Å². The minimum atomic E-state index is 1.000. The van der Waals surface area contributed by atoms with E-state index >= 15 is 0 Å². The zero-order valence-electron chi connectivity index (χ0n) is 11.2. The third-order valence-corrected chi connectivity index (χ3v) is 3.16. The lowest BCUT2D eigenvalue weighted by Crippen LogP contribution is -1.91. The second-order valence-electron chi connectivity index (χ2n) is 4.88. The highest BCUT2D eigenvalue weighted by molar-refractivity contribution is 5.58. The van der Waals surface area contributed by atoms with Gasteiger partial charge in [0.05, 0.1) is 12.0 Å². The summed E-state index contributed by atoms with van der Waals surface area (Å²) in [4.78, 5) is 4.49. The van der Waals surface area contributed by atoms with E-state index in [-0.39, 0.29) is 0 Å². The van der Waals surface area contributed by atoms with Crippen LogP contribution in [-0.2, 0) is 0 Å². The van der Waals surface area contributed by atoms with Gasteiger partial charge < -0.3 is 4.57 Å². The standard InChI is InChI=1S/C17H16N2/c1-13-8-14(2)10-16(9-13)19-11-17(18-12-19)15-6-4-3-5-7-15/h3-12H,1-2H3. The van der Waals surface area contributed by atoms with Gasteiger partial charge in [0.2, 0.25) is 0 Å². The normalized spacial score (nSPS) is 10.6. The van der Waals surface area contributed by atoms with Gasteiger partial charge in [0.25, 0.3) is 0 Å². The molecule has 0 spiro atoms. The molecular formula is C17H16N2. The predicted molar refractivity (Wildman–Crippen MR) is 78.5 cm³/mol. The molecule has 0 bridgehead atoms. The molecule has 3 aromatic rings. The van der Waals surface area contributed by atoms with E-state index in [0.717, 1.165) is 16.9 Å². The van der Waals surface area contributed by atoms with Crippen molar-refractivity contribution in [2.75, 3.05) is 0 Å². The third-order valence-electron chi connectivity index (χ3n) is 3.16. The average molecular weight is 248 g/mol. The number of nitrogens with zero attached hydrogens (tertiary/aromatic N) is 2. The molecule has 1 aromatic heterocycles. The first-order valence-electron chi connectivity index (χ1n) is 6.40. The molecule has 0 fully saturated rings. The highest BCUT2D eigenvalue weighted by atomic mass is 15.0. The first kappa shape index (κ1) is 11.7. The summed E-state index contributed by atoms with van der Waals surface area (Å²) in [5.74, 6) is 0. The Kier molecular flexibility index (Phi) is 2.92. The second-order valence-corrected chi connectivity index (χ2v) is 4.88. The lowest BCUT2D eigenvalue weighted by atomic mass is 10.1. The molecular weight excluding hydrogens is 232 g/mol. The molecule has 0 radical (unpaired) electrons. The quantitative estimate of drug-likeness (QED) is 0.666. The Labute approximate surface area is 113 Å². The first-order valence-corrected chi connectivity index (χ1v) is 6.40. The zero-order chi connectivity index (χ0) is 13.2. The molecule has 94 valence electrons. The molecule has 0 N–H and O–H groups in total. The lowest BCUT2D eigenvalue weighted by Gasteiger charge is -2.05. The Hall–Kier alpha value is -2.35. The largest absolute Gasteiger partial charge is 0.306 e. The number of benzene rings is 2. The van der Waals surface area contributed by atoms with Gasteiger partial charge in [-0.25, -0.2) is 4.98 Å². The summed E-state index contributed by atoms with van der Waals surface area (Å²) < 4.78 is 2.07. The maximum atomic E-state index is 4.49. The summed E-state index contributed by atoms with van der Waals surface area (Å²) in [6.07, 6.45) is 3.94. The molecule has 0 saturated heterocycles. The van der Waals surface area contributed by atoms with Crippen LogP contribution in [0.4, 0.5) is 0 Å². The number of rotatable bonds is 2. The first-order chi connectivity index (χ1) is 9.22. The van der Waals surface area contributed by atoms with E-state index in [9.17, 15) is 0 Å². The molecule has 0 amide bonds. The van der Waals surface area contributed by atoms with E-state index in [1.54, 1.807) is 0 Å². The zero-order valence-corrected chi connectivity index (χ0v) is 11.2. The Morgan fingerprint density at radius 3 is 2.26 bits per heavy atom. The molecule has 0 aliphatic rings. The molecule has 19 heavy (non-hydrogen) atoms. The van der Waals surface area contributed by atoms with Gasteiger partial charge in [-0.15, -0.1) is 0 Å². The van der Waals surface area contributed by atoms with E-state index in [1.807, 2.05) is 24.5 Å². The van der Waals surface area contributed by atoms with E-state index in [2.05, 4.69) is 59.9 Å². The Morgan fingerprint density at radius 1 is 0.895 bits per heavy atom. The number of imidazole rings is 1. The molecule has 2 nitrogen and oxygen atoms in total. The summed E-state index contributed by atoms with van der Waals surface area (Å²) in [6.45, 7) is 4.23. The minimum Gasteiger partial charge on any atom is -0.306 e. The van der Waals surface area contributed by atoms with Crippen LogP contribution in [0, 0.1) is 13.8 Å². The van der Waals surface area contributed by atoms with Gasteiger partial charge in [0.1, 0.15) is 0 Å². The molecule has 0 atom stereocenters. The molecule has 2 aromatic carbocycles. The molecule has 0 saturated carbocycles. The molecule has 2 heteroatoms. The SMILES string of the molecule is Cc1cc(C)cc(-n2cnc(-c3ccccc3)c2)c1. The second kappa shape index (κ2) is 4.73. The van der Waals surface area contributed by atoms with Crippen molar-refractivity contribution in [1.29, 1.82) is 0 Å². The van der Waals surface area contributed by atoms with E-state index in [0.29, 0.717) is 0 Å². The Bertz CT molecular complexity index is 676. The van der Waals surface area contributed by atoms with Gasteiger partial charge in [-0.2, -0.15) is 0 Å². The Balaban J connectivity index is 2.02. The Morgan fingerprint density at radius 2 is 1.58 bits per heavy atom. The van der Waals surface area contributed by atoms with Gasteiger partial charge in [0, 0.05) is 17.4 Å². The monoisotopic (exact) mass is 248 g/mol. The summed E-state index contributed by atoms with van der Waals surface area (Å²) in [5, 5.41) is 0. The van der Waals surface area contributed by atoms with Crippen LogP contribution >= 0.6 is 0 Å². The number of hydrogen-bond donors (Lipinski definition) is 0. The molecule has 1 heterocycles. The third kappa shape index (κ3) is 2.43. The summed E-state index contributed by atoms with van der Waals surface area (Å²) in [6, 6.07) is 16.8. The van der Waals surface area contributed by atoms with Crippen molar-refractivity contribution in [3.8, 4) is 16.9 Å². The summed E-state index contributed by atoms with van der Waals surface area (Å²) in [7, 11) is 0. The summed E-state index contributed by atoms with van der Waals surface area (Å²) in [5.41, 5.74) is 5.84. The van der Waals surface area contributed by atoms with Crippen LogP contribution in [0.1, 0.15) is 11.1 Å². The topological polar surface area (TPSA) is 17.8 Å². The predicted octanol–water partition coefficient (Wildman–Crippen LogP) is 4.16. The fraction of sp³-hybridized carbons (Fsp3) is 0.118. The van der Waals surface area contributed by atoms with Crippen LogP contribution in [0.2, 0.25) is 0 Å². The average Bonchev–Trinajstić information content (AvgIpc) is 2.88. The van der Waals surface area contributed by atoms with Crippen molar-refractivity contribution in [3.63, 3.8) is 0 Å². The van der Waals surface area contributed by atoms with Crippen molar-refractivity contribution in [1.82, 2.24) is 9.55 Å². The van der Waals surface area contributed by atoms with Gasteiger partial charge in [-0.3, -0.25) is 0 Å². The smallest absolute Gasteiger partial charge is 0.0999 e. The van der Waals surface area contributed by atoms with Crippen LogP contribution in [0.15, 0.2) is 61.1 Å². The maximum absolute atomic E-state index is 4.49. The van der Waals surface area contributed by atoms with Crippen molar-refractivity contribution >= 4 is 0 Å². The molecule has 0 aliphatic carbocycles. The fourth-order valence-electron chi connectivity index (χ4n) is 2.32. The van der Waals surface area contributed by atoms with Gasteiger partial charge >= 0.3 is 0 Å². The van der Waals surface area contributed by atoms with E-state index in [1.165, 1.54) is 11.1 Å². The van der Waals surface area contributed by atoms with Crippen molar-refractivity contribution in [2.45, 2.75) is 13.8 Å². The van der Waals surface area contributed by atoms with Gasteiger partial charge in [-0.05, 0) is 37.1 Å². The van der Waals surface area contributed by atoms with Gasteiger partial charge in [0.15, 0.2) is 0 Å². The number of aryl methyl sites for hydroxylation is 2. The molecule has 3 rings (SSSR count). The highest BCUT2D eigenvalue weighted by Crippen LogP contribution is 2.19. The number of hydrogen-bond acceptors (Lipinski definition) is 1. The van der Waals surface area contributed by atoms with Crippen molar-refractivity contribution < 1.29 is 0 Å². The van der Waals surface area contributed by atoms with Gasteiger partial charge in [-0.1, -0.05) is 36.4 Å². The van der Waals surface area contributed by atoms with Crippen molar-refractivity contribution in [3.05, 3.63) is 72.2 Å². The maximum Gasteiger partial charge on any atom is 0.0999 e. The fourth-order valence-corrected chi connectivity index (χ4v) is 2.32. The van der Waals surface area contributed by atoms with E-state index in [4.69, 9.17) is 0 Å². The highest BCUT2D eigenvalue weighted by Gasteiger charge is 2.03. The van der Waals surface area contributed by atoms with Crippen LogP contribution in [0.5, 0.6) is 0 Å². The summed E-state index contributed by atoms with van der Waals surface area (Å²) >= 11 is 0.